The van der Waals surface area contributed by atoms with E-state index in [0.717, 1.165) is 11.8 Å². The highest BCUT2D eigenvalue weighted by atomic mass is 32.2. The molecule has 0 bridgehead atoms. The first-order chi connectivity index (χ1) is 13.5. The lowest BCUT2D eigenvalue weighted by molar-refractivity contribution is -0.115. The van der Waals surface area contributed by atoms with Crippen molar-refractivity contribution in [3.05, 3.63) is 48.3 Å². The fourth-order valence-electron chi connectivity index (χ4n) is 2.29. The molecule has 28 heavy (non-hydrogen) atoms. The number of anilines is 1. The number of halogens is 1. The molecule has 0 radical (unpaired) electrons. The number of nitrogens with one attached hydrogen (secondary N) is 1. The van der Waals surface area contributed by atoms with Crippen molar-refractivity contribution < 1.29 is 23.1 Å². The van der Waals surface area contributed by atoms with E-state index in [0.29, 0.717) is 22.7 Å². The zero-order chi connectivity index (χ0) is 20.1. The van der Waals surface area contributed by atoms with Gasteiger partial charge in [-0.2, -0.15) is 0 Å². The number of carbonyl (C=O) groups excluding carboxylic acids is 1. The van der Waals surface area contributed by atoms with Crippen molar-refractivity contribution in [2.75, 3.05) is 19.5 Å². The first-order valence-electron chi connectivity index (χ1n) is 8.28. The molecule has 1 N–H and O–H groups in total. The van der Waals surface area contributed by atoms with Gasteiger partial charge in [0, 0.05) is 17.3 Å². The molecule has 0 aliphatic carbocycles. The summed E-state index contributed by atoms with van der Waals surface area (Å²) in [4.78, 5) is 12.3. The van der Waals surface area contributed by atoms with Crippen LogP contribution in [0.2, 0.25) is 0 Å². The summed E-state index contributed by atoms with van der Waals surface area (Å²) in [6, 6.07) is 10.8. The van der Waals surface area contributed by atoms with Gasteiger partial charge in [0.05, 0.1) is 19.5 Å². The molecule has 3 rings (SSSR count). The lowest BCUT2D eigenvalue weighted by Gasteiger charge is -2.09. The van der Waals surface area contributed by atoms with E-state index in [1.54, 1.807) is 39.3 Å². The smallest absolute Gasteiger partial charge is 0.277 e. The predicted octanol–water partition coefficient (Wildman–Crippen LogP) is 4.01. The molecule has 7 nitrogen and oxygen atoms in total. The van der Waals surface area contributed by atoms with E-state index >= 15 is 0 Å². The number of aromatic nitrogens is 2. The number of carbonyl (C=O) groups is 1. The summed E-state index contributed by atoms with van der Waals surface area (Å²) in [6.07, 6.45) is 0. The predicted molar refractivity (Wildman–Crippen MR) is 103 cm³/mol. The van der Waals surface area contributed by atoms with Crippen LogP contribution in [0, 0.1) is 5.82 Å². The second-order valence-corrected chi connectivity index (χ2v) is 7.02. The van der Waals surface area contributed by atoms with E-state index < -0.39 is 5.25 Å². The van der Waals surface area contributed by atoms with Crippen molar-refractivity contribution in [2.24, 2.45) is 0 Å². The number of thioether (sulfide) groups is 1. The fourth-order valence-corrected chi connectivity index (χ4v) is 2.97. The molecule has 2 aromatic carbocycles. The number of methoxy groups -OCH3 is 2. The Kier molecular flexibility index (Phi) is 6.15. The van der Waals surface area contributed by atoms with E-state index in [2.05, 4.69) is 15.5 Å². The monoisotopic (exact) mass is 403 g/mol. The number of rotatable bonds is 7. The minimum Gasteiger partial charge on any atom is -0.497 e. The Morgan fingerprint density at radius 1 is 1.11 bits per heavy atom. The van der Waals surface area contributed by atoms with E-state index in [4.69, 9.17) is 13.9 Å². The second-order valence-electron chi connectivity index (χ2n) is 5.73. The Bertz CT molecular complexity index is 940. The van der Waals surface area contributed by atoms with Crippen LogP contribution in [0.25, 0.3) is 11.5 Å². The number of ether oxygens (including phenoxy) is 2. The van der Waals surface area contributed by atoms with Gasteiger partial charge in [0.25, 0.3) is 5.22 Å². The van der Waals surface area contributed by atoms with Crippen LogP contribution in [-0.2, 0) is 4.79 Å². The van der Waals surface area contributed by atoms with Gasteiger partial charge in [0.15, 0.2) is 0 Å². The van der Waals surface area contributed by atoms with Gasteiger partial charge in [-0.3, -0.25) is 4.79 Å². The van der Waals surface area contributed by atoms with Gasteiger partial charge in [0.1, 0.15) is 17.3 Å². The van der Waals surface area contributed by atoms with Crippen molar-refractivity contribution in [1.82, 2.24) is 10.2 Å². The average Bonchev–Trinajstić information content (AvgIpc) is 3.17. The Balaban J connectivity index is 1.68. The second kappa shape index (κ2) is 8.75. The van der Waals surface area contributed by atoms with Crippen LogP contribution in [0.5, 0.6) is 11.5 Å². The quantitative estimate of drug-likeness (QED) is 0.597. The normalized spacial score (nSPS) is 11.7. The minimum absolute atomic E-state index is 0.249. The van der Waals surface area contributed by atoms with Crippen LogP contribution < -0.4 is 14.8 Å². The molecule has 1 amide bonds. The highest BCUT2D eigenvalue weighted by Gasteiger charge is 2.19. The highest BCUT2D eigenvalue weighted by molar-refractivity contribution is 8.00. The van der Waals surface area contributed by atoms with Gasteiger partial charge in [0.2, 0.25) is 11.8 Å². The van der Waals surface area contributed by atoms with Gasteiger partial charge >= 0.3 is 0 Å². The Labute approximate surface area is 165 Å². The molecule has 0 aliphatic heterocycles. The average molecular weight is 403 g/mol. The summed E-state index contributed by atoms with van der Waals surface area (Å²) in [7, 11) is 3.10. The van der Waals surface area contributed by atoms with Gasteiger partial charge in [-0.05, 0) is 43.3 Å². The van der Waals surface area contributed by atoms with Gasteiger partial charge in [-0.15, -0.1) is 10.2 Å². The Morgan fingerprint density at radius 2 is 1.75 bits per heavy atom. The first kappa shape index (κ1) is 19.7. The summed E-state index contributed by atoms with van der Waals surface area (Å²) < 4.78 is 29.1. The van der Waals surface area contributed by atoms with E-state index in [1.807, 2.05) is 0 Å². The van der Waals surface area contributed by atoms with Crippen LogP contribution in [0.4, 0.5) is 10.1 Å². The molecule has 9 heteroatoms. The molecule has 1 atom stereocenters. The third kappa shape index (κ3) is 4.80. The van der Waals surface area contributed by atoms with Gasteiger partial charge in [-0.25, -0.2) is 4.39 Å². The van der Waals surface area contributed by atoms with Crippen molar-refractivity contribution in [1.29, 1.82) is 0 Å². The van der Waals surface area contributed by atoms with Crippen LogP contribution in [0.1, 0.15) is 6.92 Å². The number of benzene rings is 2. The molecular weight excluding hydrogens is 385 g/mol. The summed E-state index contributed by atoms with van der Waals surface area (Å²) >= 11 is 1.12. The highest BCUT2D eigenvalue weighted by Crippen LogP contribution is 2.31. The first-order valence-corrected chi connectivity index (χ1v) is 9.16. The minimum atomic E-state index is -0.502. The maximum atomic E-state index is 12.9. The van der Waals surface area contributed by atoms with Gasteiger partial charge in [-0.1, -0.05) is 11.8 Å². The fraction of sp³-hybridized carbons (Fsp3) is 0.211. The van der Waals surface area contributed by atoms with E-state index in [-0.39, 0.29) is 22.8 Å². The molecule has 1 heterocycles. The summed E-state index contributed by atoms with van der Waals surface area (Å²) in [5.41, 5.74) is 1.15. The van der Waals surface area contributed by atoms with E-state index in [9.17, 15) is 9.18 Å². The molecule has 1 aromatic heterocycles. The molecule has 0 saturated heterocycles. The molecule has 0 aliphatic rings. The number of nitrogens with zero attached hydrogens (tertiary/aromatic N) is 2. The topological polar surface area (TPSA) is 86.5 Å². The standard InChI is InChI=1S/C19H18FN3O4S/c1-11(17(24)21-14-6-4-13(20)5-7-14)28-19-23-22-18(27-19)12-8-15(25-2)10-16(9-12)26-3/h4-11H,1-3H3,(H,21,24)/t11-/m1/s1. The van der Waals surface area contributed by atoms with Gasteiger partial charge < -0.3 is 19.2 Å². The lowest BCUT2D eigenvalue weighted by atomic mass is 10.2. The maximum Gasteiger partial charge on any atom is 0.277 e. The number of hydrogen-bond donors (Lipinski definition) is 1. The Morgan fingerprint density at radius 3 is 2.36 bits per heavy atom. The molecule has 0 unspecified atom stereocenters. The maximum absolute atomic E-state index is 12.9. The third-order valence-corrected chi connectivity index (χ3v) is 4.70. The lowest BCUT2D eigenvalue weighted by Crippen LogP contribution is -2.22. The molecule has 0 spiro atoms. The van der Waals surface area contributed by atoms with Crippen molar-refractivity contribution in [3.63, 3.8) is 0 Å². The van der Waals surface area contributed by atoms with Crippen LogP contribution in [0.15, 0.2) is 52.1 Å². The zero-order valence-corrected chi connectivity index (χ0v) is 16.2. The van der Waals surface area contributed by atoms with E-state index in [1.165, 1.54) is 24.3 Å². The molecule has 3 aromatic rings. The van der Waals surface area contributed by atoms with Crippen molar-refractivity contribution in [3.8, 4) is 23.0 Å². The zero-order valence-electron chi connectivity index (χ0n) is 15.4. The Hall–Kier alpha value is -3.07. The largest absolute Gasteiger partial charge is 0.497 e. The number of hydrogen-bond acceptors (Lipinski definition) is 7. The number of amides is 1. The summed E-state index contributed by atoms with van der Waals surface area (Å²) in [5.74, 6) is 0.834. The van der Waals surface area contributed by atoms with Crippen molar-refractivity contribution in [2.45, 2.75) is 17.4 Å². The summed E-state index contributed by atoms with van der Waals surface area (Å²) in [6.45, 7) is 1.71. The molecular formula is C19H18FN3O4S. The molecule has 0 saturated carbocycles. The molecule has 0 fully saturated rings. The van der Waals surface area contributed by atoms with Crippen LogP contribution >= 0.6 is 11.8 Å². The SMILES string of the molecule is COc1cc(OC)cc(-c2nnc(S[C@H](C)C(=O)Nc3ccc(F)cc3)o2)c1. The molecule has 146 valence electrons. The van der Waals surface area contributed by atoms with Crippen LogP contribution in [0.3, 0.4) is 0 Å². The third-order valence-electron chi connectivity index (χ3n) is 3.76. The van der Waals surface area contributed by atoms with Crippen LogP contribution in [-0.4, -0.2) is 35.6 Å². The van der Waals surface area contributed by atoms with Crippen molar-refractivity contribution >= 4 is 23.4 Å². The summed E-state index contributed by atoms with van der Waals surface area (Å²) in [5, 5.41) is 10.5.